The lowest BCUT2D eigenvalue weighted by Crippen LogP contribution is -2.61. The summed E-state index contributed by atoms with van der Waals surface area (Å²) in [5.41, 5.74) is 0.954. The van der Waals surface area contributed by atoms with Crippen molar-refractivity contribution in [3.63, 3.8) is 0 Å². The summed E-state index contributed by atoms with van der Waals surface area (Å²) in [6.07, 6.45) is 5.40. The van der Waals surface area contributed by atoms with Gasteiger partial charge in [-0.3, -0.25) is 9.59 Å². The highest BCUT2D eigenvalue weighted by Gasteiger charge is 2.43. The Morgan fingerprint density at radius 1 is 1.00 bits per heavy atom. The Hall–Kier alpha value is -2.60. The van der Waals surface area contributed by atoms with E-state index < -0.39 is 11.6 Å². The monoisotopic (exact) mass is 422 g/mol. The third-order valence-electron chi connectivity index (χ3n) is 6.03. The molecule has 0 radical (unpaired) electrons. The van der Waals surface area contributed by atoms with Crippen LogP contribution in [0.3, 0.4) is 0 Å². The van der Waals surface area contributed by atoms with Gasteiger partial charge in [-0.25, -0.2) is 0 Å². The molecule has 0 bridgehead atoms. The van der Waals surface area contributed by atoms with Crippen molar-refractivity contribution in [3.8, 4) is 0 Å². The molecule has 5 nitrogen and oxygen atoms in total. The number of aldehydes is 1. The summed E-state index contributed by atoms with van der Waals surface area (Å²) >= 11 is 1.56. The van der Waals surface area contributed by atoms with Crippen LogP contribution in [0.5, 0.6) is 0 Å². The van der Waals surface area contributed by atoms with Crippen molar-refractivity contribution >= 4 is 29.9 Å². The molecule has 2 aliphatic rings. The molecule has 0 aromatic heterocycles. The minimum atomic E-state index is -0.958. The third-order valence-corrected chi connectivity index (χ3v) is 7.34. The minimum Gasteiger partial charge on any atom is -0.341 e. The van der Waals surface area contributed by atoms with Crippen molar-refractivity contribution in [2.75, 3.05) is 0 Å². The first kappa shape index (κ1) is 20.7. The maximum Gasteiger partial charge on any atom is 0.246 e. The molecule has 4 rings (SSSR count). The molecule has 2 amide bonds. The van der Waals surface area contributed by atoms with Gasteiger partial charge < -0.3 is 15.4 Å². The Balaban J connectivity index is 1.49. The zero-order valence-corrected chi connectivity index (χ0v) is 17.6. The van der Waals surface area contributed by atoms with Crippen molar-refractivity contribution in [1.29, 1.82) is 0 Å². The number of fused-ring (bicyclic) bond motifs is 1. The number of rotatable bonds is 6. The highest BCUT2D eigenvalue weighted by Crippen LogP contribution is 2.38. The Labute approximate surface area is 181 Å². The van der Waals surface area contributed by atoms with E-state index in [1.165, 1.54) is 5.56 Å². The molecular weight excluding hydrogens is 396 g/mol. The number of thioether (sulfide) groups is 1. The number of carbonyl (C=O) groups is 3. The molecule has 1 aliphatic heterocycles. The zero-order chi connectivity index (χ0) is 21.0. The first-order chi connectivity index (χ1) is 14.6. The second-order valence-electron chi connectivity index (χ2n) is 8.05. The van der Waals surface area contributed by atoms with Crippen LogP contribution in [-0.4, -0.2) is 28.9 Å². The number of amides is 2. The van der Waals surface area contributed by atoms with Gasteiger partial charge in [0.25, 0.3) is 0 Å². The molecule has 156 valence electrons. The van der Waals surface area contributed by atoms with Crippen LogP contribution < -0.4 is 10.6 Å². The van der Waals surface area contributed by atoms with Gasteiger partial charge in [0.15, 0.2) is 0 Å². The van der Waals surface area contributed by atoms with E-state index in [2.05, 4.69) is 10.6 Å². The van der Waals surface area contributed by atoms with E-state index in [1.54, 1.807) is 11.8 Å². The predicted molar refractivity (Wildman–Crippen MR) is 117 cm³/mol. The van der Waals surface area contributed by atoms with E-state index in [9.17, 15) is 14.4 Å². The molecule has 2 atom stereocenters. The Bertz CT molecular complexity index is 900. The Morgan fingerprint density at radius 3 is 2.40 bits per heavy atom. The van der Waals surface area contributed by atoms with Gasteiger partial charge >= 0.3 is 0 Å². The summed E-state index contributed by atoms with van der Waals surface area (Å²) in [5.74, 6) is -0.368. The van der Waals surface area contributed by atoms with Crippen LogP contribution in [0.15, 0.2) is 59.5 Å². The molecular formula is C24H26N2O3S. The smallest absolute Gasteiger partial charge is 0.246 e. The van der Waals surface area contributed by atoms with Crippen molar-refractivity contribution < 1.29 is 14.4 Å². The summed E-state index contributed by atoms with van der Waals surface area (Å²) in [5, 5.41) is 5.75. The largest absolute Gasteiger partial charge is 0.341 e. The molecule has 2 aromatic rings. The average Bonchev–Trinajstić information content (AvgIpc) is 3.23. The van der Waals surface area contributed by atoms with Gasteiger partial charge in [-0.15, -0.1) is 11.8 Å². The lowest BCUT2D eigenvalue weighted by atomic mass is 9.80. The summed E-state index contributed by atoms with van der Waals surface area (Å²) in [7, 11) is 0. The topological polar surface area (TPSA) is 75.3 Å². The summed E-state index contributed by atoms with van der Waals surface area (Å²) in [4.78, 5) is 39.3. The third kappa shape index (κ3) is 4.29. The maximum absolute atomic E-state index is 13.3. The van der Waals surface area contributed by atoms with Gasteiger partial charge in [0.1, 0.15) is 17.9 Å². The summed E-state index contributed by atoms with van der Waals surface area (Å²) < 4.78 is 0. The van der Waals surface area contributed by atoms with Crippen molar-refractivity contribution in [2.24, 2.45) is 0 Å². The van der Waals surface area contributed by atoms with Gasteiger partial charge in [-0.1, -0.05) is 67.8 Å². The van der Waals surface area contributed by atoms with Gasteiger partial charge in [0, 0.05) is 4.90 Å². The van der Waals surface area contributed by atoms with Crippen LogP contribution >= 0.6 is 11.8 Å². The molecule has 1 saturated carbocycles. The Kier molecular flexibility index (Phi) is 6.23. The normalized spacial score (nSPS) is 20.6. The molecule has 0 spiro atoms. The predicted octanol–water partition coefficient (Wildman–Crippen LogP) is 3.58. The molecule has 2 aromatic carbocycles. The van der Waals surface area contributed by atoms with Crippen LogP contribution in [0.4, 0.5) is 0 Å². The molecule has 30 heavy (non-hydrogen) atoms. The lowest BCUT2D eigenvalue weighted by molar-refractivity contribution is -0.136. The van der Waals surface area contributed by atoms with Crippen LogP contribution in [0.25, 0.3) is 0 Å². The fraction of sp³-hybridized carbons (Fsp3) is 0.375. The molecule has 1 aliphatic carbocycles. The van der Waals surface area contributed by atoms with E-state index >= 15 is 0 Å². The fourth-order valence-electron chi connectivity index (χ4n) is 4.34. The number of benzene rings is 2. The van der Waals surface area contributed by atoms with Crippen LogP contribution in [0, 0.1) is 0 Å². The molecule has 6 heteroatoms. The van der Waals surface area contributed by atoms with Crippen molar-refractivity contribution in [2.45, 2.75) is 60.3 Å². The standard InChI is InChI=1S/C24H26N2O3S/c27-16-19(17-9-3-1-4-10-17)25-23(29)24(13-7-2-8-14-24)26-22(28)21-15-18-11-5-6-12-20(18)30-21/h1,3-6,9-12,16,19,21H,2,7-8,13-15H2,(H,25,29)(H,26,28)/t19-,21?/m1/s1. The molecule has 1 heterocycles. The van der Waals surface area contributed by atoms with Gasteiger partial charge in [0.05, 0.1) is 5.25 Å². The van der Waals surface area contributed by atoms with E-state index in [4.69, 9.17) is 0 Å². The van der Waals surface area contributed by atoms with Crippen LogP contribution in [0.2, 0.25) is 0 Å². The molecule has 1 fully saturated rings. The second-order valence-corrected chi connectivity index (χ2v) is 9.29. The second kappa shape index (κ2) is 9.04. The number of hydrogen-bond donors (Lipinski definition) is 2. The minimum absolute atomic E-state index is 0.101. The fourth-order valence-corrected chi connectivity index (χ4v) is 5.54. The quantitative estimate of drug-likeness (QED) is 0.698. The zero-order valence-electron chi connectivity index (χ0n) is 16.8. The van der Waals surface area contributed by atoms with E-state index in [-0.39, 0.29) is 17.1 Å². The molecule has 0 saturated heterocycles. The van der Waals surface area contributed by atoms with Gasteiger partial charge in [-0.05, 0) is 36.5 Å². The van der Waals surface area contributed by atoms with Gasteiger partial charge in [0.2, 0.25) is 11.8 Å². The van der Waals surface area contributed by atoms with Crippen LogP contribution in [0.1, 0.15) is 49.3 Å². The van der Waals surface area contributed by atoms with Crippen LogP contribution in [-0.2, 0) is 20.8 Å². The molecule has 2 N–H and O–H groups in total. The number of nitrogens with one attached hydrogen (secondary N) is 2. The highest BCUT2D eigenvalue weighted by molar-refractivity contribution is 8.01. The van der Waals surface area contributed by atoms with E-state index in [0.29, 0.717) is 19.3 Å². The number of carbonyl (C=O) groups excluding carboxylic acids is 3. The summed E-state index contributed by atoms with van der Waals surface area (Å²) in [6, 6.07) is 16.5. The van der Waals surface area contributed by atoms with E-state index in [1.807, 2.05) is 54.6 Å². The Morgan fingerprint density at radius 2 is 1.70 bits per heavy atom. The first-order valence-corrected chi connectivity index (χ1v) is 11.4. The molecule has 1 unspecified atom stereocenters. The lowest BCUT2D eigenvalue weighted by Gasteiger charge is -2.38. The number of hydrogen-bond acceptors (Lipinski definition) is 4. The average molecular weight is 423 g/mol. The van der Waals surface area contributed by atoms with Crippen molar-refractivity contribution in [3.05, 3.63) is 65.7 Å². The maximum atomic E-state index is 13.3. The SMILES string of the molecule is O=C[C@@H](NC(=O)C1(NC(=O)C2Cc3ccccc3S2)CCCCC1)c1ccccc1. The first-order valence-electron chi connectivity index (χ1n) is 10.5. The van der Waals surface area contributed by atoms with Crippen molar-refractivity contribution in [1.82, 2.24) is 10.6 Å². The highest BCUT2D eigenvalue weighted by atomic mass is 32.2. The van der Waals surface area contributed by atoms with Gasteiger partial charge in [-0.2, -0.15) is 0 Å². The van der Waals surface area contributed by atoms with E-state index in [0.717, 1.165) is 36.0 Å². The summed E-state index contributed by atoms with van der Waals surface area (Å²) in [6.45, 7) is 0.